The van der Waals surface area contributed by atoms with Crippen LogP contribution in [0.3, 0.4) is 0 Å². The van der Waals surface area contributed by atoms with Crippen molar-refractivity contribution in [3.05, 3.63) is 49.8 Å². The van der Waals surface area contributed by atoms with Crippen LogP contribution in [0.15, 0.2) is 24.4 Å². The summed E-state index contributed by atoms with van der Waals surface area (Å²) in [5.41, 5.74) is 2.24. The first-order chi connectivity index (χ1) is 13.6. The van der Waals surface area contributed by atoms with Gasteiger partial charge in [0.05, 0.1) is 10.6 Å². The second-order valence-electron chi connectivity index (χ2n) is 7.38. The number of fused-ring (bicyclic) bond motifs is 1. The standard InChI is InChI=1S/C20H24N4O3S/c25-20(18-13-15-5-3-1-2-4-6-17(15)28-18)23-11-9-22(10-12-23)16-7-8-19(21-14-16)24(26)27/h7-8,13-14H,1-6,9-12H2. The lowest BCUT2D eigenvalue weighted by Crippen LogP contribution is -2.48. The molecule has 1 amide bonds. The Kier molecular flexibility index (Phi) is 5.57. The summed E-state index contributed by atoms with van der Waals surface area (Å²) in [6, 6.07) is 5.27. The van der Waals surface area contributed by atoms with Gasteiger partial charge in [0.15, 0.2) is 6.20 Å². The van der Waals surface area contributed by atoms with E-state index >= 15 is 0 Å². The number of aryl methyl sites for hydroxylation is 2. The van der Waals surface area contributed by atoms with E-state index in [0.717, 1.165) is 23.4 Å². The summed E-state index contributed by atoms with van der Waals surface area (Å²) in [5.74, 6) is -0.0101. The molecule has 0 unspecified atom stereocenters. The Morgan fingerprint density at radius 2 is 1.82 bits per heavy atom. The Morgan fingerprint density at radius 3 is 2.50 bits per heavy atom. The van der Waals surface area contributed by atoms with Gasteiger partial charge in [0.1, 0.15) is 0 Å². The Hall–Kier alpha value is -2.48. The van der Waals surface area contributed by atoms with Crippen LogP contribution in [0.4, 0.5) is 11.5 Å². The molecule has 1 saturated heterocycles. The number of carbonyl (C=O) groups is 1. The molecule has 1 aliphatic heterocycles. The molecule has 2 aromatic heterocycles. The zero-order valence-corrected chi connectivity index (χ0v) is 16.6. The first-order valence-electron chi connectivity index (χ1n) is 9.88. The van der Waals surface area contributed by atoms with Crippen molar-refractivity contribution in [2.75, 3.05) is 31.1 Å². The van der Waals surface area contributed by atoms with Crippen LogP contribution in [0.1, 0.15) is 45.8 Å². The molecule has 8 heteroatoms. The van der Waals surface area contributed by atoms with E-state index in [0.29, 0.717) is 26.2 Å². The molecule has 0 saturated carbocycles. The highest BCUT2D eigenvalue weighted by Crippen LogP contribution is 2.29. The number of pyridine rings is 1. The fraction of sp³-hybridized carbons (Fsp3) is 0.500. The number of anilines is 1. The number of thiophene rings is 1. The van der Waals surface area contributed by atoms with Crippen LogP contribution in [0.2, 0.25) is 0 Å². The normalized spacial score (nSPS) is 17.6. The summed E-state index contributed by atoms with van der Waals surface area (Å²) in [6.45, 7) is 2.71. The molecule has 0 N–H and O–H groups in total. The highest BCUT2D eigenvalue weighted by Gasteiger charge is 2.25. The molecule has 7 nitrogen and oxygen atoms in total. The van der Waals surface area contributed by atoms with Crippen molar-refractivity contribution in [3.8, 4) is 0 Å². The Bertz CT molecular complexity index is 831. The number of piperazine rings is 1. The van der Waals surface area contributed by atoms with Crippen LogP contribution >= 0.6 is 11.3 Å². The van der Waals surface area contributed by atoms with Crippen LogP contribution in [0.5, 0.6) is 0 Å². The van der Waals surface area contributed by atoms with E-state index in [1.165, 1.54) is 48.4 Å². The minimum absolute atomic E-state index is 0.137. The van der Waals surface area contributed by atoms with E-state index in [1.54, 1.807) is 17.4 Å². The topological polar surface area (TPSA) is 79.6 Å². The van der Waals surface area contributed by atoms with Gasteiger partial charge in [0.25, 0.3) is 5.91 Å². The van der Waals surface area contributed by atoms with Crippen LogP contribution < -0.4 is 4.90 Å². The van der Waals surface area contributed by atoms with E-state index in [-0.39, 0.29) is 11.7 Å². The fourth-order valence-electron chi connectivity index (χ4n) is 3.95. The molecule has 0 aromatic carbocycles. The molecule has 2 aromatic rings. The zero-order valence-electron chi connectivity index (χ0n) is 15.8. The van der Waals surface area contributed by atoms with Crippen molar-refractivity contribution in [2.45, 2.75) is 38.5 Å². The molecule has 0 bridgehead atoms. The quantitative estimate of drug-likeness (QED) is 0.580. The van der Waals surface area contributed by atoms with Crippen molar-refractivity contribution in [3.63, 3.8) is 0 Å². The van der Waals surface area contributed by atoms with Gasteiger partial charge in [-0.3, -0.25) is 4.79 Å². The van der Waals surface area contributed by atoms with E-state index in [4.69, 9.17) is 0 Å². The van der Waals surface area contributed by atoms with Crippen molar-refractivity contribution in [1.82, 2.24) is 9.88 Å². The molecular weight excluding hydrogens is 376 g/mol. The SMILES string of the molecule is O=C(c1cc2c(s1)CCCCCC2)N1CCN(c2ccc([N+](=O)[O-])nc2)CC1. The monoisotopic (exact) mass is 400 g/mol. The summed E-state index contributed by atoms with van der Waals surface area (Å²) in [4.78, 5) is 33.4. The zero-order chi connectivity index (χ0) is 19.5. The fourth-order valence-corrected chi connectivity index (χ4v) is 5.17. The summed E-state index contributed by atoms with van der Waals surface area (Å²) in [7, 11) is 0. The largest absolute Gasteiger partial charge is 0.365 e. The second-order valence-corrected chi connectivity index (χ2v) is 8.52. The number of hydrogen-bond acceptors (Lipinski definition) is 6. The van der Waals surface area contributed by atoms with Gasteiger partial charge < -0.3 is 19.9 Å². The minimum Gasteiger partial charge on any atom is -0.365 e. The summed E-state index contributed by atoms with van der Waals surface area (Å²) < 4.78 is 0. The minimum atomic E-state index is -0.495. The lowest BCUT2D eigenvalue weighted by atomic mass is 10.00. The molecule has 148 valence electrons. The average molecular weight is 401 g/mol. The van der Waals surface area contributed by atoms with E-state index in [1.807, 2.05) is 4.90 Å². The number of amides is 1. The van der Waals surface area contributed by atoms with Gasteiger partial charge in [0, 0.05) is 37.1 Å². The number of nitro groups is 1. The lowest BCUT2D eigenvalue weighted by Gasteiger charge is -2.35. The van der Waals surface area contributed by atoms with Gasteiger partial charge in [-0.25, -0.2) is 0 Å². The molecule has 0 spiro atoms. The van der Waals surface area contributed by atoms with E-state index < -0.39 is 4.92 Å². The van der Waals surface area contributed by atoms with Gasteiger partial charge in [-0.1, -0.05) is 12.8 Å². The third-order valence-corrected chi connectivity index (χ3v) is 6.78. The van der Waals surface area contributed by atoms with Gasteiger partial charge in [-0.15, -0.1) is 11.3 Å². The molecule has 0 radical (unpaired) electrons. The number of nitrogens with zero attached hydrogens (tertiary/aromatic N) is 4. The maximum atomic E-state index is 13.0. The first-order valence-corrected chi connectivity index (χ1v) is 10.7. The third-order valence-electron chi connectivity index (χ3n) is 5.56. The van der Waals surface area contributed by atoms with Crippen LogP contribution in [-0.2, 0) is 12.8 Å². The number of rotatable bonds is 3. The van der Waals surface area contributed by atoms with Gasteiger partial charge in [0.2, 0.25) is 0 Å². The molecule has 3 heterocycles. The highest BCUT2D eigenvalue weighted by molar-refractivity contribution is 7.14. The third kappa shape index (κ3) is 4.01. The Morgan fingerprint density at radius 1 is 1.07 bits per heavy atom. The van der Waals surface area contributed by atoms with Crippen LogP contribution in [0, 0.1) is 10.1 Å². The molecule has 0 atom stereocenters. The average Bonchev–Trinajstić information content (AvgIpc) is 3.09. The number of carbonyl (C=O) groups excluding carboxylic acids is 1. The molecule has 4 rings (SSSR count). The van der Waals surface area contributed by atoms with Crippen molar-refractivity contribution in [1.29, 1.82) is 0 Å². The second kappa shape index (κ2) is 8.26. The number of hydrogen-bond donors (Lipinski definition) is 0. The summed E-state index contributed by atoms with van der Waals surface area (Å²) in [6.07, 6.45) is 8.77. The van der Waals surface area contributed by atoms with Crippen molar-refractivity contribution >= 4 is 28.7 Å². The summed E-state index contributed by atoms with van der Waals surface area (Å²) >= 11 is 1.68. The first kappa shape index (κ1) is 18.9. The molecular formula is C20H24N4O3S. The maximum absolute atomic E-state index is 13.0. The number of aromatic nitrogens is 1. The highest BCUT2D eigenvalue weighted by atomic mass is 32.1. The molecule has 2 aliphatic rings. The summed E-state index contributed by atoms with van der Waals surface area (Å²) in [5, 5.41) is 10.7. The van der Waals surface area contributed by atoms with Crippen LogP contribution in [0.25, 0.3) is 0 Å². The predicted octanol–water partition coefficient (Wildman–Crippen LogP) is 3.67. The Labute approximate surface area is 168 Å². The van der Waals surface area contributed by atoms with E-state index in [2.05, 4.69) is 16.0 Å². The molecule has 1 fully saturated rings. The van der Waals surface area contributed by atoms with Crippen molar-refractivity contribution < 1.29 is 9.72 Å². The maximum Gasteiger partial charge on any atom is 0.363 e. The smallest absolute Gasteiger partial charge is 0.363 e. The van der Waals surface area contributed by atoms with Crippen molar-refractivity contribution in [2.24, 2.45) is 0 Å². The molecule has 1 aliphatic carbocycles. The predicted molar refractivity (Wildman–Crippen MR) is 109 cm³/mol. The lowest BCUT2D eigenvalue weighted by molar-refractivity contribution is -0.389. The van der Waals surface area contributed by atoms with Gasteiger partial charge >= 0.3 is 5.82 Å². The van der Waals surface area contributed by atoms with E-state index in [9.17, 15) is 14.9 Å². The molecule has 28 heavy (non-hydrogen) atoms. The van der Waals surface area contributed by atoms with Gasteiger partial charge in [-0.2, -0.15) is 0 Å². The van der Waals surface area contributed by atoms with Crippen LogP contribution in [-0.4, -0.2) is 46.9 Å². The van der Waals surface area contributed by atoms with Gasteiger partial charge in [-0.05, 0) is 53.3 Å². The Balaban J connectivity index is 1.38.